The minimum absolute atomic E-state index is 0.136. The van der Waals surface area contributed by atoms with E-state index in [2.05, 4.69) is 21.0 Å². The summed E-state index contributed by atoms with van der Waals surface area (Å²) < 4.78 is 14.1. The minimum Gasteiger partial charge on any atom is -0.465 e. The monoisotopic (exact) mass is 524 g/mol. The van der Waals surface area contributed by atoms with Crippen molar-refractivity contribution in [3.63, 3.8) is 0 Å². The molecule has 5 atom stereocenters. The van der Waals surface area contributed by atoms with E-state index in [1.807, 2.05) is 18.2 Å². The van der Waals surface area contributed by atoms with Crippen LogP contribution in [0.1, 0.15) is 25.3 Å². The fourth-order valence-electron chi connectivity index (χ4n) is 6.79. The van der Waals surface area contributed by atoms with Gasteiger partial charge in [-0.1, -0.05) is 30.3 Å². The molecular weight excluding hydrogens is 500 g/mol. The first-order valence-electron chi connectivity index (χ1n) is 12.7. The third-order valence-electron chi connectivity index (χ3n) is 8.62. The first kappa shape index (κ1) is 23.7. The number of nitriles is 1. The zero-order chi connectivity index (χ0) is 27.1. The Balaban J connectivity index is 1.22. The molecule has 39 heavy (non-hydrogen) atoms. The molecule has 11 nitrogen and oxygen atoms in total. The van der Waals surface area contributed by atoms with E-state index in [9.17, 15) is 20.0 Å². The van der Waals surface area contributed by atoms with Crippen molar-refractivity contribution >= 4 is 39.4 Å². The number of benzene rings is 2. The molecule has 4 aromatic rings. The maximum absolute atomic E-state index is 14.0. The van der Waals surface area contributed by atoms with Gasteiger partial charge in [-0.05, 0) is 18.4 Å². The summed E-state index contributed by atoms with van der Waals surface area (Å²) in [5, 5.41) is 22.5. The molecule has 2 amide bonds. The number of anilines is 1. The maximum Gasteiger partial charge on any atom is 0.298 e. The van der Waals surface area contributed by atoms with Crippen LogP contribution in [0, 0.1) is 23.2 Å². The predicted octanol–water partition coefficient (Wildman–Crippen LogP) is 2.26. The van der Waals surface area contributed by atoms with Gasteiger partial charge < -0.3 is 14.6 Å². The Hall–Kier alpha value is -4.40. The number of amides is 2. The second-order valence-corrected chi connectivity index (χ2v) is 10.6. The molecule has 5 heterocycles. The van der Waals surface area contributed by atoms with E-state index < -0.39 is 41.0 Å². The summed E-state index contributed by atoms with van der Waals surface area (Å²) in [7, 11) is 1.78. The number of aliphatic hydroxyl groups excluding tert-OH is 1. The number of aryl methyl sites for hydroxylation is 1. The number of carbonyl (C=O) groups is 2. The molecule has 11 heteroatoms. The highest BCUT2D eigenvalue weighted by molar-refractivity contribution is 6.24. The molecule has 3 aliphatic rings. The van der Waals surface area contributed by atoms with Crippen LogP contribution in [0.3, 0.4) is 0 Å². The number of imidazole rings is 1. The predicted molar refractivity (Wildman–Crippen MR) is 137 cm³/mol. The number of nitrogens with zero attached hydrogens (tertiary/aromatic N) is 6. The molecule has 0 aliphatic carbocycles. The Kier molecular flexibility index (Phi) is 4.89. The molecule has 7 rings (SSSR count). The van der Waals surface area contributed by atoms with Crippen LogP contribution in [0.25, 0.3) is 21.9 Å². The van der Waals surface area contributed by atoms with Crippen LogP contribution in [0.4, 0.5) is 5.69 Å². The van der Waals surface area contributed by atoms with Gasteiger partial charge in [-0.15, -0.1) is 0 Å². The van der Waals surface area contributed by atoms with Crippen molar-refractivity contribution in [1.29, 1.82) is 5.26 Å². The number of ether oxygens (including phenoxy) is 2. The Bertz CT molecular complexity index is 1750. The quantitative estimate of drug-likeness (QED) is 0.389. The molecule has 3 aliphatic heterocycles. The summed E-state index contributed by atoms with van der Waals surface area (Å²) in [5.74, 6) is -2.58. The Labute approximate surface area is 222 Å². The van der Waals surface area contributed by atoms with Gasteiger partial charge in [0.2, 0.25) is 11.8 Å². The number of hydrogen-bond acceptors (Lipinski definition) is 9. The molecule has 2 aromatic heterocycles. The van der Waals surface area contributed by atoms with Crippen molar-refractivity contribution in [3.05, 3.63) is 54.5 Å². The van der Waals surface area contributed by atoms with E-state index in [4.69, 9.17) is 9.47 Å². The summed E-state index contributed by atoms with van der Waals surface area (Å²) in [4.78, 5) is 41.6. The average Bonchev–Trinajstić information content (AvgIpc) is 3.58. The Morgan fingerprint density at radius 3 is 2.79 bits per heavy atom. The molecule has 0 spiro atoms. The van der Waals surface area contributed by atoms with E-state index in [0.717, 1.165) is 10.3 Å². The van der Waals surface area contributed by atoms with Crippen LogP contribution in [-0.2, 0) is 21.4 Å². The van der Waals surface area contributed by atoms with Crippen molar-refractivity contribution in [2.24, 2.45) is 18.9 Å². The standard InChI is InChI=1S/C28H24N6O5/c1-27-20(35)11-28(39-27,9-10-38-26-32-18-13-30-14-31-23(18)33(26)2)22-21(27)24(36)34(25(22)37)19-8-7-15-5-3-4-6-16(15)17(19)12-29/h3-8,13-14,20-22,35H,9-11H2,1-2H3. The van der Waals surface area contributed by atoms with Gasteiger partial charge in [-0.3, -0.25) is 14.2 Å². The summed E-state index contributed by atoms with van der Waals surface area (Å²) in [5.41, 5.74) is -0.612. The SMILES string of the molecule is Cn1c(OCCC23CC(O)C(C)(O2)C2C(=O)N(c4ccc5ccccc5c4C#N)C(=O)C23)nc2cncnc21. The van der Waals surface area contributed by atoms with Crippen molar-refractivity contribution < 1.29 is 24.2 Å². The number of fused-ring (bicyclic) bond motifs is 7. The average molecular weight is 525 g/mol. The molecule has 2 aromatic carbocycles. The highest BCUT2D eigenvalue weighted by Gasteiger charge is 2.77. The number of carbonyl (C=O) groups excluding carboxylic acids is 2. The molecule has 0 radical (unpaired) electrons. The molecule has 196 valence electrons. The summed E-state index contributed by atoms with van der Waals surface area (Å²) in [6.07, 6.45) is 2.54. The van der Waals surface area contributed by atoms with E-state index in [1.54, 1.807) is 42.9 Å². The fourth-order valence-corrected chi connectivity index (χ4v) is 6.79. The molecule has 3 saturated heterocycles. The Morgan fingerprint density at radius 2 is 2.00 bits per heavy atom. The van der Waals surface area contributed by atoms with Gasteiger partial charge in [0, 0.05) is 25.3 Å². The molecule has 5 unspecified atom stereocenters. The van der Waals surface area contributed by atoms with Crippen molar-refractivity contribution in [2.45, 2.75) is 37.1 Å². The van der Waals surface area contributed by atoms with Crippen LogP contribution in [0.15, 0.2) is 48.9 Å². The van der Waals surface area contributed by atoms with E-state index >= 15 is 0 Å². The summed E-state index contributed by atoms with van der Waals surface area (Å²) >= 11 is 0. The highest BCUT2D eigenvalue weighted by Crippen LogP contribution is 2.62. The number of imide groups is 1. The van der Waals surface area contributed by atoms with Crippen molar-refractivity contribution in [2.75, 3.05) is 11.5 Å². The first-order chi connectivity index (χ1) is 18.8. The lowest BCUT2D eigenvalue weighted by molar-refractivity contribution is -0.134. The van der Waals surface area contributed by atoms with Gasteiger partial charge in [0.05, 0.1) is 47.6 Å². The van der Waals surface area contributed by atoms with Crippen molar-refractivity contribution in [3.8, 4) is 12.1 Å². The zero-order valence-electron chi connectivity index (χ0n) is 21.2. The second kappa shape index (κ2) is 8.05. The third kappa shape index (κ3) is 3.07. The van der Waals surface area contributed by atoms with Gasteiger partial charge in [-0.2, -0.15) is 10.2 Å². The number of rotatable bonds is 5. The maximum atomic E-state index is 14.0. The normalized spacial score (nSPS) is 29.4. The van der Waals surface area contributed by atoms with Gasteiger partial charge in [0.15, 0.2) is 5.65 Å². The van der Waals surface area contributed by atoms with Crippen LogP contribution >= 0.6 is 0 Å². The number of aliphatic hydroxyl groups is 1. The van der Waals surface area contributed by atoms with Gasteiger partial charge >= 0.3 is 0 Å². The number of hydrogen-bond donors (Lipinski definition) is 1. The van der Waals surface area contributed by atoms with Gasteiger partial charge in [0.25, 0.3) is 6.01 Å². The summed E-state index contributed by atoms with van der Waals surface area (Å²) in [6, 6.07) is 13.3. The Morgan fingerprint density at radius 1 is 1.21 bits per heavy atom. The molecule has 2 bridgehead atoms. The largest absolute Gasteiger partial charge is 0.465 e. The molecule has 1 N–H and O–H groups in total. The third-order valence-corrected chi connectivity index (χ3v) is 8.62. The smallest absolute Gasteiger partial charge is 0.298 e. The van der Waals surface area contributed by atoms with Gasteiger partial charge in [0.1, 0.15) is 23.5 Å². The topological polar surface area (TPSA) is 143 Å². The first-order valence-corrected chi connectivity index (χ1v) is 12.7. The van der Waals surface area contributed by atoms with Crippen LogP contribution < -0.4 is 9.64 Å². The van der Waals surface area contributed by atoms with Crippen LogP contribution in [0.2, 0.25) is 0 Å². The lowest BCUT2D eigenvalue weighted by atomic mass is 9.66. The van der Waals surface area contributed by atoms with E-state index in [1.165, 1.54) is 6.33 Å². The highest BCUT2D eigenvalue weighted by atomic mass is 16.6. The van der Waals surface area contributed by atoms with E-state index in [-0.39, 0.29) is 30.7 Å². The minimum atomic E-state index is -1.23. The van der Waals surface area contributed by atoms with Crippen molar-refractivity contribution in [1.82, 2.24) is 19.5 Å². The zero-order valence-corrected chi connectivity index (χ0v) is 21.2. The lowest BCUT2D eigenvalue weighted by Gasteiger charge is -2.33. The fraction of sp³-hybridized carbons (Fsp3) is 0.357. The molecule has 3 fully saturated rings. The summed E-state index contributed by atoms with van der Waals surface area (Å²) in [6.45, 7) is 1.83. The van der Waals surface area contributed by atoms with Crippen LogP contribution in [-0.4, -0.2) is 60.4 Å². The molecular formula is C28H24N6O5. The van der Waals surface area contributed by atoms with Gasteiger partial charge in [-0.25, -0.2) is 14.9 Å². The molecule has 0 saturated carbocycles. The van der Waals surface area contributed by atoms with E-state index in [0.29, 0.717) is 22.6 Å². The second-order valence-electron chi connectivity index (χ2n) is 10.6. The lowest BCUT2D eigenvalue weighted by Crippen LogP contribution is -2.49. The number of aromatic nitrogens is 4. The van der Waals surface area contributed by atoms with Crippen LogP contribution in [0.5, 0.6) is 6.01 Å².